The lowest BCUT2D eigenvalue weighted by Gasteiger charge is -2.07. The molecular weight excluding hydrogens is 440 g/mol. The first-order valence-electron chi connectivity index (χ1n) is 9.37. The van der Waals surface area contributed by atoms with Gasteiger partial charge in [0.05, 0.1) is 22.8 Å². The molecule has 0 saturated carbocycles. The molecule has 30 heavy (non-hydrogen) atoms. The molecule has 0 unspecified atom stereocenters. The summed E-state index contributed by atoms with van der Waals surface area (Å²) in [7, 11) is 0. The third-order valence-corrected chi connectivity index (χ3v) is 7.01. The molecule has 3 heterocycles. The van der Waals surface area contributed by atoms with Gasteiger partial charge in [-0.1, -0.05) is 30.8 Å². The number of hydrogen-bond acceptors (Lipinski definition) is 8. The standard InChI is InChI=1S/C20H22N4O3S3/c1-4-9-24-17(15-8-7-10-28-15)22-23-20(24)29-12-16(25)21-18-14(19(26)27-6-3)11-13(5-2)30-18/h4,7-8,10-11H,1,5-6,9,12H2,2-3H3,(H,21,25). The van der Waals surface area contributed by atoms with Gasteiger partial charge in [0.1, 0.15) is 5.00 Å². The quantitative estimate of drug-likeness (QED) is 0.266. The van der Waals surface area contributed by atoms with Gasteiger partial charge in [0.15, 0.2) is 11.0 Å². The van der Waals surface area contributed by atoms with Gasteiger partial charge in [-0.05, 0) is 30.9 Å². The number of aromatic nitrogens is 3. The second-order valence-electron chi connectivity index (χ2n) is 6.05. The number of esters is 1. The van der Waals surface area contributed by atoms with Gasteiger partial charge < -0.3 is 10.1 Å². The normalized spacial score (nSPS) is 10.7. The molecule has 0 bridgehead atoms. The minimum atomic E-state index is -0.428. The van der Waals surface area contributed by atoms with Crippen molar-refractivity contribution in [1.82, 2.24) is 14.8 Å². The average Bonchev–Trinajstić information content (AvgIpc) is 3.46. The second-order valence-corrected chi connectivity index (χ2v) is 9.08. The van der Waals surface area contributed by atoms with Gasteiger partial charge in [-0.25, -0.2) is 4.79 Å². The highest BCUT2D eigenvalue weighted by molar-refractivity contribution is 7.99. The summed E-state index contributed by atoms with van der Waals surface area (Å²) in [5.41, 5.74) is 0.395. The van der Waals surface area contributed by atoms with Crippen LogP contribution in [0.3, 0.4) is 0 Å². The number of thioether (sulfide) groups is 1. The molecule has 1 amide bonds. The largest absolute Gasteiger partial charge is 0.462 e. The van der Waals surface area contributed by atoms with Crippen LogP contribution in [0.1, 0.15) is 29.1 Å². The van der Waals surface area contributed by atoms with Crippen LogP contribution in [0.4, 0.5) is 5.00 Å². The topological polar surface area (TPSA) is 86.1 Å². The Bertz CT molecular complexity index is 1020. The molecule has 0 aromatic carbocycles. The Hall–Kier alpha value is -2.43. The minimum Gasteiger partial charge on any atom is -0.462 e. The Morgan fingerprint density at radius 1 is 1.37 bits per heavy atom. The molecule has 0 fully saturated rings. The molecule has 3 rings (SSSR count). The number of nitrogens with zero attached hydrogens (tertiary/aromatic N) is 3. The van der Waals surface area contributed by atoms with Crippen LogP contribution in [0.25, 0.3) is 10.7 Å². The van der Waals surface area contributed by atoms with Gasteiger partial charge in [-0.3, -0.25) is 9.36 Å². The molecule has 0 saturated heterocycles. The molecule has 0 aliphatic heterocycles. The van der Waals surface area contributed by atoms with Crippen molar-refractivity contribution in [3.8, 4) is 10.7 Å². The number of thiophene rings is 2. The number of nitrogens with one attached hydrogen (secondary N) is 1. The molecule has 7 nitrogen and oxygen atoms in total. The van der Waals surface area contributed by atoms with E-state index >= 15 is 0 Å². The van der Waals surface area contributed by atoms with Crippen LogP contribution in [0.5, 0.6) is 0 Å². The van der Waals surface area contributed by atoms with E-state index in [1.54, 1.807) is 30.4 Å². The minimum absolute atomic E-state index is 0.140. The van der Waals surface area contributed by atoms with Crippen LogP contribution in [0.15, 0.2) is 41.4 Å². The van der Waals surface area contributed by atoms with Crippen LogP contribution in [0, 0.1) is 0 Å². The predicted octanol–water partition coefficient (Wildman–Crippen LogP) is 4.72. The zero-order chi connectivity index (χ0) is 21.5. The number of carbonyl (C=O) groups is 2. The molecule has 0 aliphatic rings. The molecule has 3 aromatic rings. The molecular formula is C20H22N4O3S3. The maximum atomic E-state index is 12.6. The summed E-state index contributed by atoms with van der Waals surface area (Å²) in [6.45, 7) is 8.38. The van der Waals surface area contributed by atoms with Gasteiger partial charge >= 0.3 is 5.97 Å². The maximum absolute atomic E-state index is 12.6. The van der Waals surface area contributed by atoms with E-state index < -0.39 is 5.97 Å². The average molecular weight is 463 g/mol. The van der Waals surface area contributed by atoms with E-state index in [9.17, 15) is 9.59 Å². The number of ether oxygens (including phenoxy) is 1. The summed E-state index contributed by atoms with van der Waals surface area (Å²) in [6, 6.07) is 5.72. The van der Waals surface area contributed by atoms with E-state index in [1.807, 2.05) is 29.0 Å². The first-order chi connectivity index (χ1) is 14.6. The summed E-state index contributed by atoms with van der Waals surface area (Å²) in [5, 5.41) is 14.5. The lowest BCUT2D eigenvalue weighted by Crippen LogP contribution is -2.16. The molecule has 0 aliphatic carbocycles. The first kappa shape index (κ1) is 22.3. The Morgan fingerprint density at radius 2 is 2.20 bits per heavy atom. The number of aryl methyl sites for hydroxylation is 1. The van der Waals surface area contributed by atoms with Gasteiger partial charge in [0.2, 0.25) is 5.91 Å². The Labute approximate surface area is 187 Å². The van der Waals surface area contributed by atoms with E-state index in [2.05, 4.69) is 22.1 Å². The lowest BCUT2D eigenvalue weighted by molar-refractivity contribution is -0.113. The van der Waals surface area contributed by atoms with Crippen LogP contribution < -0.4 is 5.32 Å². The fraction of sp³-hybridized carbons (Fsp3) is 0.300. The molecule has 158 valence electrons. The Balaban J connectivity index is 1.70. The fourth-order valence-electron chi connectivity index (χ4n) is 2.64. The SMILES string of the molecule is C=CCn1c(SCC(=O)Nc2sc(CC)cc2C(=O)OCC)nnc1-c1cccs1. The second kappa shape index (κ2) is 10.6. The van der Waals surface area contributed by atoms with Crippen molar-refractivity contribution in [2.75, 3.05) is 17.7 Å². The molecule has 1 N–H and O–H groups in total. The molecule has 3 aromatic heterocycles. The van der Waals surface area contributed by atoms with Crippen molar-refractivity contribution in [3.05, 3.63) is 46.7 Å². The van der Waals surface area contributed by atoms with Crippen molar-refractivity contribution < 1.29 is 14.3 Å². The lowest BCUT2D eigenvalue weighted by atomic mass is 10.2. The highest BCUT2D eigenvalue weighted by Crippen LogP contribution is 2.30. The molecule has 0 spiro atoms. The van der Waals surface area contributed by atoms with Gasteiger partial charge in [0, 0.05) is 11.4 Å². The zero-order valence-corrected chi connectivity index (χ0v) is 19.2. The first-order valence-corrected chi connectivity index (χ1v) is 12.1. The van der Waals surface area contributed by atoms with E-state index in [-0.39, 0.29) is 18.3 Å². The van der Waals surface area contributed by atoms with E-state index in [4.69, 9.17) is 4.74 Å². The van der Waals surface area contributed by atoms with E-state index in [0.717, 1.165) is 22.0 Å². The zero-order valence-electron chi connectivity index (χ0n) is 16.7. The predicted molar refractivity (Wildman–Crippen MR) is 123 cm³/mol. The Kier molecular flexibility index (Phi) is 7.83. The number of hydrogen-bond donors (Lipinski definition) is 1. The van der Waals surface area contributed by atoms with Crippen molar-refractivity contribution in [1.29, 1.82) is 0 Å². The number of carbonyl (C=O) groups excluding carboxylic acids is 2. The van der Waals surface area contributed by atoms with Crippen molar-refractivity contribution in [2.45, 2.75) is 32.0 Å². The Morgan fingerprint density at radius 3 is 2.87 bits per heavy atom. The third-order valence-electron chi connectivity index (χ3n) is 3.98. The number of rotatable bonds is 10. The van der Waals surface area contributed by atoms with E-state index in [1.165, 1.54) is 23.1 Å². The van der Waals surface area contributed by atoms with E-state index in [0.29, 0.717) is 22.3 Å². The van der Waals surface area contributed by atoms with Gasteiger partial charge in [0.25, 0.3) is 0 Å². The summed E-state index contributed by atoms with van der Waals surface area (Å²) in [5.74, 6) is 0.244. The van der Waals surface area contributed by atoms with Gasteiger partial charge in [-0.15, -0.1) is 39.4 Å². The monoisotopic (exact) mass is 462 g/mol. The van der Waals surface area contributed by atoms with Crippen molar-refractivity contribution in [2.24, 2.45) is 0 Å². The maximum Gasteiger partial charge on any atom is 0.341 e. The molecule has 0 atom stereocenters. The van der Waals surface area contributed by atoms with Crippen LogP contribution in [-0.4, -0.2) is 39.0 Å². The van der Waals surface area contributed by atoms with Crippen molar-refractivity contribution >= 4 is 51.3 Å². The van der Waals surface area contributed by atoms with Crippen LogP contribution in [0.2, 0.25) is 0 Å². The summed E-state index contributed by atoms with van der Waals surface area (Å²) in [6.07, 6.45) is 2.55. The third kappa shape index (κ3) is 5.18. The molecule has 10 heteroatoms. The van der Waals surface area contributed by atoms with Crippen LogP contribution >= 0.6 is 34.4 Å². The highest BCUT2D eigenvalue weighted by atomic mass is 32.2. The fourth-order valence-corrected chi connectivity index (χ4v) is 5.11. The number of allylic oxidation sites excluding steroid dienone is 1. The summed E-state index contributed by atoms with van der Waals surface area (Å²) in [4.78, 5) is 26.8. The summed E-state index contributed by atoms with van der Waals surface area (Å²) >= 11 is 4.26. The highest BCUT2D eigenvalue weighted by Gasteiger charge is 2.20. The van der Waals surface area contributed by atoms with Gasteiger partial charge in [-0.2, -0.15) is 0 Å². The number of anilines is 1. The number of amides is 1. The van der Waals surface area contributed by atoms with Crippen LogP contribution in [-0.2, 0) is 22.5 Å². The van der Waals surface area contributed by atoms with Crippen molar-refractivity contribution in [3.63, 3.8) is 0 Å². The smallest absolute Gasteiger partial charge is 0.341 e. The molecule has 0 radical (unpaired) electrons. The summed E-state index contributed by atoms with van der Waals surface area (Å²) < 4.78 is 7.03.